The zero-order valence-corrected chi connectivity index (χ0v) is 8.28. The highest BCUT2D eigenvalue weighted by Crippen LogP contribution is 2.32. The number of aryl methyl sites for hydroxylation is 1. The van der Waals surface area contributed by atoms with Crippen molar-refractivity contribution in [2.24, 2.45) is 0 Å². The summed E-state index contributed by atoms with van der Waals surface area (Å²) in [5.41, 5.74) is 1.06. The number of phenols is 1. The molecule has 0 aliphatic rings. The lowest BCUT2D eigenvalue weighted by atomic mass is 10.1. The van der Waals surface area contributed by atoms with Crippen LogP contribution in [-0.4, -0.2) is 5.11 Å². The van der Waals surface area contributed by atoms with Crippen molar-refractivity contribution in [3.63, 3.8) is 0 Å². The molecule has 0 bridgehead atoms. The van der Waals surface area contributed by atoms with E-state index in [1.54, 1.807) is 12.1 Å². The summed E-state index contributed by atoms with van der Waals surface area (Å²) in [5, 5.41) is 9.88. The Balaban J connectivity index is 3.04. The Morgan fingerprint density at radius 3 is 2.17 bits per heavy atom. The fourth-order valence-electron chi connectivity index (χ4n) is 1.05. The van der Waals surface area contributed by atoms with Crippen LogP contribution in [0.25, 0.3) is 0 Å². The minimum absolute atomic E-state index is 0.0295. The van der Waals surface area contributed by atoms with Gasteiger partial charge in [0, 0.05) is 0 Å². The van der Waals surface area contributed by atoms with E-state index in [0.29, 0.717) is 10.0 Å². The second-order valence-electron chi connectivity index (χ2n) is 2.66. The van der Waals surface area contributed by atoms with Crippen molar-refractivity contribution in [2.45, 2.75) is 19.8 Å². The Hall–Kier alpha value is -0.400. The van der Waals surface area contributed by atoms with Crippen LogP contribution in [0.1, 0.15) is 18.9 Å². The summed E-state index contributed by atoms with van der Waals surface area (Å²) in [6.07, 6.45) is 1.97. The summed E-state index contributed by atoms with van der Waals surface area (Å²) >= 11 is 11.4. The van der Waals surface area contributed by atoms with Gasteiger partial charge in [0.1, 0.15) is 0 Å². The molecule has 0 aromatic heterocycles. The molecule has 3 heteroatoms. The highest BCUT2D eigenvalue weighted by atomic mass is 35.5. The molecule has 1 rings (SSSR count). The number of hydrogen-bond donors (Lipinski definition) is 1. The number of phenolic OH excluding ortho intramolecular Hbond substituents is 1. The SMILES string of the molecule is CCCc1cc(Cl)c(O)c(Cl)c1. The zero-order chi connectivity index (χ0) is 9.14. The summed E-state index contributed by atoms with van der Waals surface area (Å²) in [7, 11) is 0. The first-order chi connectivity index (χ1) is 5.65. The highest BCUT2D eigenvalue weighted by molar-refractivity contribution is 6.37. The van der Waals surface area contributed by atoms with E-state index in [-0.39, 0.29) is 5.75 Å². The highest BCUT2D eigenvalue weighted by Gasteiger charge is 2.05. The molecule has 0 aliphatic carbocycles. The van der Waals surface area contributed by atoms with Crippen LogP contribution in [0.3, 0.4) is 0 Å². The van der Waals surface area contributed by atoms with E-state index in [4.69, 9.17) is 23.2 Å². The smallest absolute Gasteiger partial charge is 0.152 e. The third kappa shape index (κ3) is 2.05. The number of aromatic hydroxyl groups is 1. The molecule has 1 aromatic rings. The summed E-state index contributed by atoms with van der Waals surface area (Å²) < 4.78 is 0. The van der Waals surface area contributed by atoms with Crippen LogP contribution in [0.15, 0.2) is 12.1 Å². The molecule has 0 saturated heterocycles. The number of benzene rings is 1. The van der Waals surface area contributed by atoms with Crippen molar-refractivity contribution in [1.29, 1.82) is 0 Å². The van der Waals surface area contributed by atoms with Gasteiger partial charge in [-0.15, -0.1) is 0 Å². The van der Waals surface area contributed by atoms with Crippen molar-refractivity contribution in [2.75, 3.05) is 0 Å². The fourth-order valence-corrected chi connectivity index (χ4v) is 1.58. The topological polar surface area (TPSA) is 20.2 Å². The normalized spacial score (nSPS) is 10.2. The lowest BCUT2D eigenvalue weighted by Gasteiger charge is -2.03. The van der Waals surface area contributed by atoms with Crippen molar-refractivity contribution >= 4 is 23.2 Å². The number of halogens is 2. The monoisotopic (exact) mass is 204 g/mol. The van der Waals surface area contributed by atoms with Crippen LogP contribution in [-0.2, 0) is 6.42 Å². The third-order valence-electron chi connectivity index (χ3n) is 1.62. The Bertz CT molecular complexity index is 261. The molecule has 0 spiro atoms. The molecular formula is C9H10Cl2O. The van der Waals surface area contributed by atoms with Gasteiger partial charge in [-0.25, -0.2) is 0 Å². The molecule has 0 unspecified atom stereocenters. The quantitative estimate of drug-likeness (QED) is 0.781. The molecule has 0 saturated carbocycles. The van der Waals surface area contributed by atoms with E-state index in [1.165, 1.54) is 0 Å². The summed E-state index contributed by atoms with van der Waals surface area (Å²) in [4.78, 5) is 0. The summed E-state index contributed by atoms with van der Waals surface area (Å²) in [6.45, 7) is 2.08. The molecule has 1 aromatic carbocycles. The van der Waals surface area contributed by atoms with E-state index in [2.05, 4.69) is 6.92 Å². The Morgan fingerprint density at radius 2 is 1.75 bits per heavy atom. The Morgan fingerprint density at radius 1 is 1.25 bits per heavy atom. The van der Waals surface area contributed by atoms with Gasteiger partial charge in [-0.05, 0) is 24.1 Å². The average Bonchev–Trinajstić information content (AvgIpc) is 2.01. The van der Waals surface area contributed by atoms with Crippen LogP contribution >= 0.6 is 23.2 Å². The molecule has 0 heterocycles. The maximum absolute atomic E-state index is 9.24. The predicted octanol–water partition coefficient (Wildman–Crippen LogP) is 3.65. The molecule has 0 aliphatic heterocycles. The molecule has 0 atom stereocenters. The average molecular weight is 205 g/mol. The van der Waals surface area contributed by atoms with Gasteiger partial charge in [-0.2, -0.15) is 0 Å². The van der Waals surface area contributed by atoms with E-state index >= 15 is 0 Å². The van der Waals surface area contributed by atoms with E-state index in [1.807, 2.05) is 0 Å². The molecule has 66 valence electrons. The molecular weight excluding hydrogens is 195 g/mol. The van der Waals surface area contributed by atoms with Crippen LogP contribution in [0.5, 0.6) is 5.75 Å². The van der Waals surface area contributed by atoms with Gasteiger partial charge in [-0.1, -0.05) is 36.5 Å². The molecule has 0 fully saturated rings. The van der Waals surface area contributed by atoms with Crippen molar-refractivity contribution in [1.82, 2.24) is 0 Å². The molecule has 0 radical (unpaired) electrons. The van der Waals surface area contributed by atoms with Crippen LogP contribution in [0.2, 0.25) is 10.0 Å². The largest absolute Gasteiger partial charge is 0.505 e. The third-order valence-corrected chi connectivity index (χ3v) is 2.19. The van der Waals surface area contributed by atoms with Crippen molar-refractivity contribution < 1.29 is 5.11 Å². The second kappa shape index (κ2) is 4.01. The minimum atomic E-state index is -0.0295. The lowest BCUT2D eigenvalue weighted by molar-refractivity contribution is 0.475. The first kappa shape index (κ1) is 9.69. The van der Waals surface area contributed by atoms with E-state index in [0.717, 1.165) is 18.4 Å². The first-order valence-corrected chi connectivity index (χ1v) is 4.57. The van der Waals surface area contributed by atoms with Gasteiger partial charge in [-0.3, -0.25) is 0 Å². The van der Waals surface area contributed by atoms with E-state index in [9.17, 15) is 5.11 Å². The van der Waals surface area contributed by atoms with Gasteiger partial charge in [0.05, 0.1) is 10.0 Å². The van der Waals surface area contributed by atoms with Gasteiger partial charge in [0.15, 0.2) is 5.75 Å². The van der Waals surface area contributed by atoms with Gasteiger partial charge >= 0.3 is 0 Å². The standard InChI is InChI=1S/C9H10Cl2O/c1-2-3-6-4-7(10)9(12)8(11)5-6/h4-5,12H,2-3H2,1H3. The van der Waals surface area contributed by atoms with Gasteiger partial charge in [0.2, 0.25) is 0 Å². The van der Waals surface area contributed by atoms with Crippen molar-refractivity contribution in [3.05, 3.63) is 27.7 Å². The maximum atomic E-state index is 9.24. The second-order valence-corrected chi connectivity index (χ2v) is 3.47. The Labute approximate surface area is 81.9 Å². The molecule has 0 amide bonds. The molecule has 12 heavy (non-hydrogen) atoms. The lowest BCUT2D eigenvalue weighted by Crippen LogP contribution is -1.83. The predicted molar refractivity (Wildman–Crippen MR) is 52.1 cm³/mol. The summed E-state index contributed by atoms with van der Waals surface area (Å²) in [5.74, 6) is -0.0295. The fraction of sp³-hybridized carbons (Fsp3) is 0.333. The van der Waals surface area contributed by atoms with Crippen LogP contribution in [0.4, 0.5) is 0 Å². The molecule has 1 N–H and O–H groups in total. The van der Waals surface area contributed by atoms with Crippen LogP contribution < -0.4 is 0 Å². The molecule has 1 nitrogen and oxygen atoms in total. The van der Waals surface area contributed by atoms with Crippen LogP contribution in [0, 0.1) is 0 Å². The van der Waals surface area contributed by atoms with E-state index < -0.39 is 0 Å². The van der Waals surface area contributed by atoms with Gasteiger partial charge < -0.3 is 5.11 Å². The zero-order valence-electron chi connectivity index (χ0n) is 6.77. The van der Waals surface area contributed by atoms with Gasteiger partial charge in [0.25, 0.3) is 0 Å². The number of rotatable bonds is 2. The Kier molecular flexibility index (Phi) is 3.24. The number of hydrogen-bond acceptors (Lipinski definition) is 1. The van der Waals surface area contributed by atoms with Crippen molar-refractivity contribution in [3.8, 4) is 5.75 Å². The minimum Gasteiger partial charge on any atom is -0.505 e. The maximum Gasteiger partial charge on any atom is 0.152 e. The summed E-state index contributed by atoms with van der Waals surface area (Å²) in [6, 6.07) is 3.48. The first-order valence-electron chi connectivity index (χ1n) is 3.82.